The summed E-state index contributed by atoms with van der Waals surface area (Å²) in [6, 6.07) is 0. The van der Waals surface area contributed by atoms with Crippen molar-refractivity contribution < 1.29 is 18.0 Å². The number of aromatic nitrogens is 1. The van der Waals surface area contributed by atoms with Crippen molar-refractivity contribution in [3.05, 3.63) is 39.6 Å². The van der Waals surface area contributed by atoms with Gasteiger partial charge in [-0.1, -0.05) is 13.8 Å². The normalized spacial score (nSPS) is 13.4. The average molecular weight is 360 g/mol. The fraction of sp³-hybridized carbons (Fsp3) is 0.500. The van der Waals surface area contributed by atoms with Crippen LogP contribution in [-0.2, 0) is 4.79 Å². The molecule has 1 atom stereocenters. The molecule has 25 heavy (non-hydrogen) atoms. The summed E-state index contributed by atoms with van der Waals surface area (Å²) in [6.45, 7) is 3.56. The standard InChI is InChI=1S/C16H23F3N4O2/c1-4-5-12(23-8-16(17,18)19)21-7-11(24)10(3)13-14(20)9(2)6-22-15(13)25/h5-6,10,21,23H,4,7-8H2,1-3H3,(H3,20,22,25)/b12-5-. The van der Waals surface area contributed by atoms with Gasteiger partial charge in [0.25, 0.3) is 5.56 Å². The summed E-state index contributed by atoms with van der Waals surface area (Å²) in [6.07, 6.45) is -0.909. The second-order valence-electron chi connectivity index (χ2n) is 5.66. The maximum Gasteiger partial charge on any atom is 0.405 e. The highest BCUT2D eigenvalue weighted by Crippen LogP contribution is 2.21. The number of nitrogens with two attached hydrogens (primary N) is 1. The van der Waals surface area contributed by atoms with Crippen LogP contribution in [0.3, 0.4) is 0 Å². The molecule has 1 aromatic heterocycles. The van der Waals surface area contributed by atoms with Crippen LogP contribution in [0.2, 0.25) is 0 Å². The van der Waals surface area contributed by atoms with E-state index in [1.54, 1.807) is 13.8 Å². The lowest BCUT2D eigenvalue weighted by atomic mass is 9.95. The van der Waals surface area contributed by atoms with Crippen molar-refractivity contribution in [2.75, 3.05) is 18.8 Å². The van der Waals surface area contributed by atoms with E-state index in [-0.39, 0.29) is 29.4 Å². The molecule has 0 amide bonds. The number of hydrogen-bond donors (Lipinski definition) is 4. The Morgan fingerprint density at radius 3 is 2.60 bits per heavy atom. The van der Waals surface area contributed by atoms with Crippen molar-refractivity contribution in [2.24, 2.45) is 0 Å². The molecule has 1 unspecified atom stereocenters. The number of carbonyl (C=O) groups excluding carboxylic acids is 1. The van der Waals surface area contributed by atoms with Crippen LogP contribution >= 0.6 is 0 Å². The lowest BCUT2D eigenvalue weighted by Crippen LogP contribution is -2.37. The summed E-state index contributed by atoms with van der Waals surface area (Å²) in [5, 5.41) is 4.85. The predicted molar refractivity (Wildman–Crippen MR) is 90.1 cm³/mol. The third-order valence-electron chi connectivity index (χ3n) is 3.64. The molecule has 6 nitrogen and oxygen atoms in total. The zero-order chi connectivity index (χ0) is 19.2. The van der Waals surface area contributed by atoms with Gasteiger partial charge in [0.05, 0.1) is 17.9 Å². The van der Waals surface area contributed by atoms with E-state index in [4.69, 9.17) is 5.73 Å². The number of Topliss-reactive ketones (excluding diaryl/α,β-unsaturated/α-hetero) is 1. The average Bonchev–Trinajstić information content (AvgIpc) is 2.52. The molecule has 0 saturated carbocycles. The molecular weight excluding hydrogens is 337 g/mol. The molecule has 1 aromatic rings. The molecule has 0 bridgehead atoms. The second-order valence-corrected chi connectivity index (χ2v) is 5.66. The van der Waals surface area contributed by atoms with Gasteiger partial charge in [-0.25, -0.2) is 0 Å². The number of allylic oxidation sites excluding steroid dienone is 1. The number of rotatable bonds is 8. The first kappa shape index (κ1) is 20.6. The first-order valence-corrected chi connectivity index (χ1v) is 7.81. The minimum Gasteiger partial charge on any atom is -0.398 e. The van der Waals surface area contributed by atoms with Gasteiger partial charge in [0.2, 0.25) is 0 Å². The third kappa shape index (κ3) is 6.17. The van der Waals surface area contributed by atoms with Crippen LogP contribution in [0.15, 0.2) is 22.9 Å². The molecule has 9 heteroatoms. The Balaban J connectivity index is 2.79. The molecule has 0 radical (unpaired) electrons. The van der Waals surface area contributed by atoms with Crippen LogP contribution in [0.4, 0.5) is 18.9 Å². The molecule has 1 heterocycles. The molecule has 0 saturated heterocycles. The van der Waals surface area contributed by atoms with Crippen molar-refractivity contribution in [3.63, 3.8) is 0 Å². The largest absolute Gasteiger partial charge is 0.405 e. The second kappa shape index (κ2) is 8.59. The van der Waals surface area contributed by atoms with Crippen LogP contribution < -0.4 is 21.9 Å². The number of hydrogen-bond acceptors (Lipinski definition) is 5. The Kier molecular flexibility index (Phi) is 7.08. The summed E-state index contributed by atoms with van der Waals surface area (Å²) < 4.78 is 36.9. The van der Waals surface area contributed by atoms with E-state index >= 15 is 0 Å². The van der Waals surface area contributed by atoms with Crippen LogP contribution in [0.1, 0.15) is 37.3 Å². The topological polar surface area (TPSA) is 100 Å². The van der Waals surface area contributed by atoms with Gasteiger partial charge in [0.15, 0.2) is 5.78 Å². The number of carbonyl (C=O) groups is 1. The van der Waals surface area contributed by atoms with Gasteiger partial charge in [0.1, 0.15) is 6.54 Å². The van der Waals surface area contributed by atoms with Gasteiger partial charge in [0, 0.05) is 17.8 Å². The Labute approximate surface area is 143 Å². The van der Waals surface area contributed by atoms with E-state index in [1.807, 2.05) is 0 Å². The lowest BCUT2D eigenvalue weighted by Gasteiger charge is -2.17. The summed E-state index contributed by atoms with van der Waals surface area (Å²) >= 11 is 0. The summed E-state index contributed by atoms with van der Waals surface area (Å²) in [5.74, 6) is -1.04. The molecule has 0 aliphatic rings. The van der Waals surface area contributed by atoms with E-state index in [2.05, 4.69) is 15.6 Å². The first-order valence-electron chi connectivity index (χ1n) is 7.81. The summed E-state index contributed by atoms with van der Waals surface area (Å²) in [5.41, 5.74) is 6.47. The van der Waals surface area contributed by atoms with E-state index in [9.17, 15) is 22.8 Å². The minimum absolute atomic E-state index is 0.117. The fourth-order valence-corrected chi connectivity index (χ4v) is 2.20. The Morgan fingerprint density at radius 1 is 1.40 bits per heavy atom. The first-order chi connectivity index (χ1) is 11.6. The Morgan fingerprint density at radius 2 is 2.04 bits per heavy atom. The van der Waals surface area contributed by atoms with Crippen LogP contribution in [0, 0.1) is 6.92 Å². The van der Waals surface area contributed by atoms with Gasteiger partial charge in [-0.2, -0.15) is 13.2 Å². The maximum absolute atomic E-state index is 12.3. The number of ketones is 1. The SMILES string of the molecule is CC/C=C(/NCC(=O)C(C)c1c(N)c(C)c[nH]c1=O)NCC(F)(F)F. The number of nitrogen functional groups attached to an aromatic ring is 1. The Bertz CT molecular complexity index is 696. The third-order valence-corrected chi connectivity index (χ3v) is 3.64. The van der Waals surface area contributed by atoms with Gasteiger partial charge in [-0.05, 0) is 25.0 Å². The van der Waals surface area contributed by atoms with Crippen molar-refractivity contribution in [2.45, 2.75) is 39.3 Å². The van der Waals surface area contributed by atoms with E-state index < -0.39 is 24.2 Å². The van der Waals surface area contributed by atoms with Gasteiger partial charge < -0.3 is 21.4 Å². The number of alkyl halides is 3. The van der Waals surface area contributed by atoms with Crippen molar-refractivity contribution in [3.8, 4) is 0 Å². The fourth-order valence-electron chi connectivity index (χ4n) is 2.20. The van der Waals surface area contributed by atoms with Gasteiger partial charge in [-0.15, -0.1) is 0 Å². The van der Waals surface area contributed by atoms with Crippen LogP contribution in [-0.4, -0.2) is 30.0 Å². The zero-order valence-corrected chi connectivity index (χ0v) is 14.4. The van der Waals surface area contributed by atoms with Crippen LogP contribution in [0.25, 0.3) is 0 Å². The molecule has 0 aliphatic carbocycles. The highest BCUT2D eigenvalue weighted by molar-refractivity contribution is 5.88. The number of nitrogens with one attached hydrogen (secondary N) is 3. The minimum atomic E-state index is -4.37. The molecule has 0 fully saturated rings. The number of aryl methyl sites for hydroxylation is 1. The molecular formula is C16H23F3N4O2. The van der Waals surface area contributed by atoms with Gasteiger partial charge >= 0.3 is 6.18 Å². The lowest BCUT2D eigenvalue weighted by molar-refractivity contribution is -0.123. The number of halogens is 3. The Hall–Kier alpha value is -2.45. The quantitative estimate of drug-likeness (QED) is 0.568. The molecule has 0 spiro atoms. The number of H-pyrrole nitrogens is 1. The molecule has 140 valence electrons. The molecule has 0 aliphatic heterocycles. The zero-order valence-electron chi connectivity index (χ0n) is 14.4. The number of pyridine rings is 1. The van der Waals surface area contributed by atoms with Crippen molar-refractivity contribution in [1.29, 1.82) is 0 Å². The number of anilines is 1. The smallest absolute Gasteiger partial charge is 0.398 e. The monoisotopic (exact) mass is 360 g/mol. The van der Waals surface area contributed by atoms with Gasteiger partial charge in [-0.3, -0.25) is 9.59 Å². The van der Waals surface area contributed by atoms with E-state index in [1.165, 1.54) is 19.2 Å². The highest BCUT2D eigenvalue weighted by Gasteiger charge is 2.27. The van der Waals surface area contributed by atoms with Crippen molar-refractivity contribution in [1.82, 2.24) is 15.6 Å². The highest BCUT2D eigenvalue weighted by atomic mass is 19.4. The summed E-state index contributed by atoms with van der Waals surface area (Å²) in [7, 11) is 0. The van der Waals surface area contributed by atoms with Crippen LogP contribution in [0.5, 0.6) is 0 Å². The summed E-state index contributed by atoms with van der Waals surface area (Å²) in [4.78, 5) is 26.8. The molecule has 5 N–H and O–H groups in total. The predicted octanol–water partition coefficient (Wildman–Crippen LogP) is 1.93. The van der Waals surface area contributed by atoms with E-state index in [0.717, 1.165) is 0 Å². The van der Waals surface area contributed by atoms with E-state index in [0.29, 0.717) is 12.0 Å². The van der Waals surface area contributed by atoms with Crippen molar-refractivity contribution >= 4 is 11.5 Å². The molecule has 1 rings (SSSR count). The maximum atomic E-state index is 12.3. The molecule has 0 aromatic carbocycles. The number of aromatic amines is 1.